The number of carbonyl (C=O) groups excluding carboxylic acids is 3. The molecule has 1 aromatic carbocycles. The van der Waals surface area contributed by atoms with Crippen LogP contribution in [-0.4, -0.2) is 36.5 Å². The van der Waals surface area contributed by atoms with Crippen molar-refractivity contribution in [3.63, 3.8) is 0 Å². The third-order valence-corrected chi connectivity index (χ3v) is 4.39. The lowest BCUT2D eigenvalue weighted by molar-refractivity contribution is -0.137. The minimum Gasteiger partial charge on any atom is -0.427 e. The van der Waals surface area contributed by atoms with E-state index in [-0.39, 0.29) is 17.9 Å². The fourth-order valence-corrected chi connectivity index (χ4v) is 3.31. The maximum absolute atomic E-state index is 12.8. The molecule has 7 nitrogen and oxygen atoms in total. The van der Waals surface area contributed by atoms with Crippen LogP contribution >= 0.6 is 0 Å². The van der Waals surface area contributed by atoms with Crippen LogP contribution in [-0.2, 0) is 21.6 Å². The molecular formula is C17H21N3O4. The Kier molecular flexibility index (Phi) is 3.95. The van der Waals surface area contributed by atoms with Gasteiger partial charge in [-0.3, -0.25) is 4.79 Å². The van der Waals surface area contributed by atoms with E-state index in [1.54, 1.807) is 12.1 Å². The molecule has 3 rings (SSSR count). The number of hydrogen-bond acceptors (Lipinski definition) is 4. The van der Waals surface area contributed by atoms with E-state index in [0.29, 0.717) is 25.1 Å². The quantitative estimate of drug-likeness (QED) is 0.889. The minimum atomic E-state index is -1.20. The number of imide groups is 1. The van der Waals surface area contributed by atoms with Crippen molar-refractivity contribution in [1.29, 1.82) is 0 Å². The summed E-state index contributed by atoms with van der Waals surface area (Å²) < 4.78 is 5.54. The first-order chi connectivity index (χ1) is 11.4. The number of benzene rings is 1. The smallest absolute Gasteiger partial charge is 0.418 e. The molecule has 1 heterocycles. The van der Waals surface area contributed by atoms with E-state index in [1.165, 1.54) is 11.9 Å². The fraction of sp³-hybridized carbons (Fsp3) is 0.471. The molecule has 1 spiro atoms. The van der Waals surface area contributed by atoms with Crippen LogP contribution in [0.25, 0.3) is 0 Å². The SMILES string of the molecule is CNC(=O)Nc1ccc2c(c1)CC[C@@]21OC(=O)N(CC(C)C)C1=O. The van der Waals surface area contributed by atoms with E-state index >= 15 is 0 Å². The molecule has 7 heteroatoms. The summed E-state index contributed by atoms with van der Waals surface area (Å²) in [5, 5.41) is 5.19. The van der Waals surface area contributed by atoms with Crippen LogP contribution < -0.4 is 10.6 Å². The molecule has 1 aliphatic carbocycles. The van der Waals surface area contributed by atoms with Gasteiger partial charge < -0.3 is 15.4 Å². The summed E-state index contributed by atoms with van der Waals surface area (Å²) in [4.78, 5) is 37.6. The maximum Gasteiger partial charge on any atom is 0.418 e. The van der Waals surface area contributed by atoms with E-state index in [9.17, 15) is 14.4 Å². The lowest BCUT2D eigenvalue weighted by Crippen LogP contribution is -2.39. The highest BCUT2D eigenvalue weighted by Gasteiger charge is 2.57. The average molecular weight is 331 g/mol. The molecule has 0 bridgehead atoms. The molecule has 2 aliphatic rings. The molecule has 24 heavy (non-hydrogen) atoms. The number of amides is 4. The molecular weight excluding hydrogens is 310 g/mol. The van der Waals surface area contributed by atoms with Crippen molar-refractivity contribution in [3.05, 3.63) is 29.3 Å². The largest absolute Gasteiger partial charge is 0.427 e. The molecule has 1 fully saturated rings. The van der Waals surface area contributed by atoms with Crippen molar-refractivity contribution in [2.75, 3.05) is 18.9 Å². The zero-order valence-electron chi connectivity index (χ0n) is 14.0. The average Bonchev–Trinajstić information content (AvgIpc) is 3.00. The molecule has 0 radical (unpaired) electrons. The molecule has 1 aromatic rings. The number of fused-ring (bicyclic) bond motifs is 2. The zero-order valence-corrected chi connectivity index (χ0v) is 14.0. The van der Waals surface area contributed by atoms with Crippen molar-refractivity contribution >= 4 is 23.7 Å². The highest BCUT2D eigenvalue weighted by molar-refractivity contribution is 6.04. The van der Waals surface area contributed by atoms with Crippen molar-refractivity contribution < 1.29 is 19.1 Å². The summed E-state index contributed by atoms with van der Waals surface area (Å²) in [6, 6.07) is 4.99. The first kappa shape index (κ1) is 16.3. The monoisotopic (exact) mass is 331 g/mol. The minimum absolute atomic E-state index is 0.177. The van der Waals surface area contributed by atoms with Crippen molar-refractivity contribution in [1.82, 2.24) is 10.2 Å². The Morgan fingerprint density at radius 2 is 2.12 bits per heavy atom. The van der Waals surface area contributed by atoms with Gasteiger partial charge in [0.15, 0.2) is 0 Å². The summed E-state index contributed by atoms with van der Waals surface area (Å²) >= 11 is 0. The van der Waals surface area contributed by atoms with Gasteiger partial charge in [0.2, 0.25) is 5.60 Å². The standard InChI is InChI=1S/C17H21N3O4/c1-10(2)9-20-14(21)17(24-16(20)23)7-6-11-8-12(4-5-13(11)17)19-15(22)18-3/h4-5,8,10H,6-7,9H2,1-3H3,(H2,18,19,22)/t17-/m1/s1. The Hall–Kier alpha value is -2.57. The van der Waals surface area contributed by atoms with Gasteiger partial charge in [-0.05, 0) is 30.0 Å². The van der Waals surface area contributed by atoms with E-state index in [0.717, 1.165) is 11.1 Å². The number of urea groups is 1. The second-order valence-electron chi connectivity index (χ2n) is 6.58. The normalized spacial score (nSPS) is 22.1. The molecule has 0 aromatic heterocycles. The number of nitrogens with zero attached hydrogens (tertiary/aromatic N) is 1. The van der Waals surface area contributed by atoms with Crippen molar-refractivity contribution in [2.45, 2.75) is 32.3 Å². The topological polar surface area (TPSA) is 87.7 Å². The van der Waals surface area contributed by atoms with E-state index < -0.39 is 11.7 Å². The highest BCUT2D eigenvalue weighted by atomic mass is 16.6. The fourth-order valence-electron chi connectivity index (χ4n) is 3.31. The van der Waals surface area contributed by atoms with E-state index in [1.807, 2.05) is 19.9 Å². The number of carbonyl (C=O) groups is 3. The second kappa shape index (κ2) is 5.81. The van der Waals surface area contributed by atoms with Gasteiger partial charge in [0.05, 0.1) is 0 Å². The van der Waals surface area contributed by atoms with Gasteiger partial charge in [-0.2, -0.15) is 0 Å². The van der Waals surface area contributed by atoms with Crippen molar-refractivity contribution in [3.8, 4) is 0 Å². The highest BCUT2D eigenvalue weighted by Crippen LogP contribution is 2.46. The molecule has 2 N–H and O–H groups in total. The Bertz CT molecular complexity index is 716. The van der Waals surface area contributed by atoms with Gasteiger partial charge in [0, 0.05) is 31.3 Å². The van der Waals surface area contributed by atoms with Gasteiger partial charge in [-0.25, -0.2) is 14.5 Å². The third-order valence-electron chi connectivity index (χ3n) is 4.39. The van der Waals surface area contributed by atoms with Gasteiger partial charge >= 0.3 is 12.1 Å². The number of nitrogens with one attached hydrogen (secondary N) is 2. The van der Waals surface area contributed by atoms with Crippen LogP contribution in [0.2, 0.25) is 0 Å². The Balaban J connectivity index is 1.90. The molecule has 128 valence electrons. The van der Waals surface area contributed by atoms with E-state index in [4.69, 9.17) is 4.74 Å². The number of ether oxygens (including phenoxy) is 1. The summed E-state index contributed by atoms with van der Waals surface area (Å²) in [5.41, 5.74) is 1.07. The molecule has 1 saturated heterocycles. The first-order valence-electron chi connectivity index (χ1n) is 8.04. The summed E-state index contributed by atoms with van der Waals surface area (Å²) in [5.74, 6) is -0.108. The predicted molar refractivity (Wildman–Crippen MR) is 87.6 cm³/mol. The summed E-state index contributed by atoms with van der Waals surface area (Å²) in [7, 11) is 1.54. The van der Waals surface area contributed by atoms with Gasteiger partial charge in [0.25, 0.3) is 5.91 Å². The number of hydrogen-bond donors (Lipinski definition) is 2. The number of aryl methyl sites for hydroxylation is 1. The Morgan fingerprint density at radius 1 is 1.38 bits per heavy atom. The first-order valence-corrected chi connectivity index (χ1v) is 8.04. The molecule has 4 amide bonds. The van der Waals surface area contributed by atoms with Crippen LogP contribution in [0, 0.1) is 5.92 Å². The van der Waals surface area contributed by atoms with E-state index in [2.05, 4.69) is 10.6 Å². The molecule has 1 aliphatic heterocycles. The van der Waals surface area contributed by atoms with Crippen LogP contribution in [0.3, 0.4) is 0 Å². The summed E-state index contributed by atoms with van der Waals surface area (Å²) in [6.45, 7) is 4.25. The maximum atomic E-state index is 12.8. The van der Waals surface area contributed by atoms with Crippen LogP contribution in [0.4, 0.5) is 15.3 Å². The van der Waals surface area contributed by atoms with Gasteiger partial charge in [-0.1, -0.05) is 19.9 Å². The predicted octanol–water partition coefficient (Wildman–Crippen LogP) is 2.21. The van der Waals surface area contributed by atoms with Crippen LogP contribution in [0.15, 0.2) is 18.2 Å². The lowest BCUT2D eigenvalue weighted by atomic mass is 9.94. The summed E-state index contributed by atoms with van der Waals surface area (Å²) in [6.07, 6.45) is 0.479. The van der Waals surface area contributed by atoms with Crippen LogP contribution in [0.1, 0.15) is 31.4 Å². The number of anilines is 1. The molecule has 0 saturated carbocycles. The van der Waals surface area contributed by atoms with Gasteiger partial charge in [0.1, 0.15) is 0 Å². The molecule has 0 unspecified atom stereocenters. The Labute approximate surface area is 140 Å². The van der Waals surface area contributed by atoms with Gasteiger partial charge in [-0.15, -0.1) is 0 Å². The van der Waals surface area contributed by atoms with Crippen LogP contribution in [0.5, 0.6) is 0 Å². The zero-order chi connectivity index (χ0) is 17.5. The third kappa shape index (κ3) is 2.50. The molecule has 1 atom stereocenters. The second-order valence-corrected chi connectivity index (χ2v) is 6.58. The Morgan fingerprint density at radius 3 is 2.79 bits per heavy atom. The number of rotatable bonds is 3. The van der Waals surface area contributed by atoms with Crippen molar-refractivity contribution in [2.24, 2.45) is 5.92 Å². The lowest BCUT2D eigenvalue weighted by Gasteiger charge is -2.21.